The fourth-order valence-electron chi connectivity index (χ4n) is 2.55. The van der Waals surface area contributed by atoms with Crippen molar-refractivity contribution in [1.29, 1.82) is 0 Å². The van der Waals surface area contributed by atoms with Crippen molar-refractivity contribution in [3.63, 3.8) is 0 Å². The third-order valence-electron chi connectivity index (χ3n) is 3.55. The Morgan fingerprint density at radius 2 is 2.05 bits per heavy atom. The molecule has 1 aromatic carbocycles. The van der Waals surface area contributed by atoms with Crippen LogP contribution in [0.5, 0.6) is 0 Å². The highest BCUT2D eigenvalue weighted by Crippen LogP contribution is 2.31. The molecule has 0 saturated carbocycles. The molecule has 0 saturated heterocycles. The number of esters is 1. The summed E-state index contributed by atoms with van der Waals surface area (Å²) in [5.74, 6) is -0.901. The van der Waals surface area contributed by atoms with E-state index in [9.17, 15) is 9.90 Å². The van der Waals surface area contributed by atoms with Crippen molar-refractivity contribution in [2.45, 2.75) is 32.8 Å². The van der Waals surface area contributed by atoms with Gasteiger partial charge < -0.3 is 9.84 Å². The van der Waals surface area contributed by atoms with Crippen LogP contribution in [0.4, 0.5) is 0 Å². The second kappa shape index (κ2) is 7.18. The zero-order chi connectivity index (χ0) is 15.2. The smallest absolute Gasteiger partial charge is 0.311 e. The molecule has 112 valence electrons. The van der Waals surface area contributed by atoms with Crippen molar-refractivity contribution in [3.8, 4) is 0 Å². The number of fused-ring (bicyclic) bond motifs is 1. The van der Waals surface area contributed by atoms with Crippen molar-refractivity contribution in [2.75, 3.05) is 6.61 Å². The maximum absolute atomic E-state index is 12.1. The van der Waals surface area contributed by atoms with Crippen molar-refractivity contribution in [1.82, 2.24) is 4.98 Å². The molecule has 21 heavy (non-hydrogen) atoms. The molecule has 2 unspecified atom stereocenters. The summed E-state index contributed by atoms with van der Waals surface area (Å²) in [7, 11) is 0. The van der Waals surface area contributed by atoms with E-state index in [1.807, 2.05) is 37.3 Å². The van der Waals surface area contributed by atoms with Gasteiger partial charge in [0.05, 0.1) is 24.1 Å². The van der Waals surface area contributed by atoms with E-state index in [4.69, 9.17) is 4.74 Å². The van der Waals surface area contributed by atoms with E-state index >= 15 is 0 Å². The van der Waals surface area contributed by atoms with E-state index in [-0.39, 0.29) is 5.97 Å². The number of carbonyl (C=O) groups excluding carboxylic acids is 1. The summed E-state index contributed by atoms with van der Waals surface area (Å²) in [6.07, 6.45) is 2.18. The normalized spacial score (nSPS) is 13.9. The van der Waals surface area contributed by atoms with E-state index in [1.54, 1.807) is 13.1 Å². The summed E-state index contributed by atoms with van der Waals surface area (Å²) in [4.78, 5) is 16.4. The Bertz CT molecular complexity index is 607. The largest absolute Gasteiger partial charge is 0.466 e. The van der Waals surface area contributed by atoms with Gasteiger partial charge in [0.25, 0.3) is 0 Å². The van der Waals surface area contributed by atoms with Gasteiger partial charge in [-0.1, -0.05) is 37.6 Å². The minimum atomic E-state index is -0.900. The number of rotatable bonds is 6. The number of aliphatic hydroxyl groups excluding tert-OH is 1. The Balaban J connectivity index is 2.38. The molecule has 0 fully saturated rings. The van der Waals surface area contributed by atoms with E-state index < -0.39 is 12.0 Å². The van der Waals surface area contributed by atoms with Gasteiger partial charge >= 0.3 is 5.97 Å². The highest BCUT2D eigenvalue weighted by molar-refractivity contribution is 5.83. The van der Waals surface area contributed by atoms with Gasteiger partial charge in [-0.15, -0.1) is 0 Å². The summed E-state index contributed by atoms with van der Waals surface area (Å²) in [6, 6.07) is 9.43. The molecular weight excluding hydrogens is 266 g/mol. The Kier molecular flexibility index (Phi) is 5.28. The SMILES string of the molecule is CCCC(C(=O)OCC)C(O)c1cccc2cccnc12. The molecule has 0 aliphatic carbocycles. The molecule has 1 aromatic heterocycles. The Hall–Kier alpha value is -1.94. The van der Waals surface area contributed by atoms with E-state index in [0.717, 1.165) is 17.3 Å². The number of pyridine rings is 1. The van der Waals surface area contributed by atoms with E-state index in [2.05, 4.69) is 4.98 Å². The summed E-state index contributed by atoms with van der Waals surface area (Å²) in [6.45, 7) is 4.08. The molecule has 2 atom stereocenters. The van der Waals surface area contributed by atoms with Crippen LogP contribution in [0.25, 0.3) is 10.9 Å². The maximum atomic E-state index is 12.1. The van der Waals surface area contributed by atoms with Crippen molar-refractivity contribution in [2.24, 2.45) is 5.92 Å². The van der Waals surface area contributed by atoms with Gasteiger partial charge in [0, 0.05) is 17.1 Å². The molecular formula is C17H21NO3. The van der Waals surface area contributed by atoms with Gasteiger partial charge in [0.2, 0.25) is 0 Å². The van der Waals surface area contributed by atoms with Crippen LogP contribution in [-0.2, 0) is 9.53 Å². The number of nitrogens with zero attached hydrogens (tertiary/aromatic N) is 1. The minimum Gasteiger partial charge on any atom is -0.466 e. The average molecular weight is 287 g/mol. The Labute approximate surface area is 124 Å². The Morgan fingerprint density at radius 3 is 2.76 bits per heavy atom. The highest BCUT2D eigenvalue weighted by atomic mass is 16.5. The van der Waals surface area contributed by atoms with E-state index in [1.165, 1.54) is 0 Å². The molecule has 1 N–H and O–H groups in total. The molecule has 2 rings (SSSR count). The second-order valence-corrected chi connectivity index (χ2v) is 5.01. The standard InChI is InChI=1S/C17H21NO3/c1-3-7-14(17(20)21-4-2)16(19)13-10-5-8-12-9-6-11-18-15(12)13/h5-6,8-11,14,16,19H,3-4,7H2,1-2H3. The molecule has 4 nitrogen and oxygen atoms in total. The molecule has 0 spiro atoms. The zero-order valence-electron chi connectivity index (χ0n) is 12.5. The predicted molar refractivity (Wildman–Crippen MR) is 81.7 cm³/mol. The molecule has 0 radical (unpaired) electrons. The van der Waals surface area contributed by atoms with Crippen molar-refractivity contribution >= 4 is 16.9 Å². The van der Waals surface area contributed by atoms with Crippen LogP contribution < -0.4 is 0 Å². The molecule has 1 heterocycles. The average Bonchev–Trinajstić information content (AvgIpc) is 2.51. The van der Waals surface area contributed by atoms with Crippen LogP contribution >= 0.6 is 0 Å². The lowest BCUT2D eigenvalue weighted by Gasteiger charge is -2.22. The maximum Gasteiger partial charge on any atom is 0.311 e. The minimum absolute atomic E-state index is 0.319. The number of aliphatic hydroxyl groups is 1. The van der Waals surface area contributed by atoms with Crippen LogP contribution in [0.2, 0.25) is 0 Å². The third kappa shape index (κ3) is 3.39. The van der Waals surface area contributed by atoms with Gasteiger partial charge in [0.15, 0.2) is 0 Å². The number of carbonyl (C=O) groups is 1. The highest BCUT2D eigenvalue weighted by Gasteiger charge is 2.29. The third-order valence-corrected chi connectivity index (χ3v) is 3.55. The number of aromatic nitrogens is 1. The molecule has 0 bridgehead atoms. The number of ether oxygens (including phenoxy) is 1. The predicted octanol–water partition coefficient (Wildman–Crippen LogP) is 3.25. The van der Waals surface area contributed by atoms with Crippen LogP contribution in [0.3, 0.4) is 0 Å². The fourth-order valence-corrected chi connectivity index (χ4v) is 2.55. The van der Waals surface area contributed by atoms with Gasteiger partial charge in [0.1, 0.15) is 0 Å². The summed E-state index contributed by atoms with van der Waals surface area (Å²) >= 11 is 0. The quantitative estimate of drug-likeness (QED) is 0.829. The molecule has 0 amide bonds. The first-order chi connectivity index (χ1) is 10.2. The number of hydrogen-bond donors (Lipinski definition) is 1. The monoisotopic (exact) mass is 287 g/mol. The zero-order valence-corrected chi connectivity index (χ0v) is 12.5. The lowest BCUT2D eigenvalue weighted by Crippen LogP contribution is -2.25. The first-order valence-corrected chi connectivity index (χ1v) is 7.37. The summed E-state index contributed by atoms with van der Waals surface area (Å²) < 4.78 is 5.09. The summed E-state index contributed by atoms with van der Waals surface area (Å²) in [5, 5.41) is 11.6. The first kappa shape index (κ1) is 15.4. The first-order valence-electron chi connectivity index (χ1n) is 7.37. The molecule has 0 aliphatic heterocycles. The van der Waals surface area contributed by atoms with Crippen LogP contribution in [-0.4, -0.2) is 22.7 Å². The van der Waals surface area contributed by atoms with Crippen LogP contribution in [0.15, 0.2) is 36.5 Å². The fraction of sp³-hybridized carbons (Fsp3) is 0.412. The van der Waals surface area contributed by atoms with Crippen LogP contribution in [0.1, 0.15) is 38.4 Å². The van der Waals surface area contributed by atoms with E-state index in [0.29, 0.717) is 18.6 Å². The molecule has 4 heteroatoms. The van der Waals surface area contributed by atoms with Crippen LogP contribution in [0, 0.1) is 5.92 Å². The molecule has 0 aliphatic rings. The van der Waals surface area contributed by atoms with Crippen molar-refractivity contribution < 1.29 is 14.6 Å². The topological polar surface area (TPSA) is 59.4 Å². The second-order valence-electron chi connectivity index (χ2n) is 5.01. The summed E-state index contributed by atoms with van der Waals surface area (Å²) in [5.41, 5.74) is 1.41. The van der Waals surface area contributed by atoms with Gasteiger partial charge in [-0.05, 0) is 19.4 Å². The van der Waals surface area contributed by atoms with Gasteiger partial charge in [-0.3, -0.25) is 9.78 Å². The molecule has 2 aromatic rings. The number of hydrogen-bond acceptors (Lipinski definition) is 4. The van der Waals surface area contributed by atoms with Crippen molar-refractivity contribution in [3.05, 3.63) is 42.1 Å². The van der Waals surface area contributed by atoms with Gasteiger partial charge in [-0.25, -0.2) is 0 Å². The lowest BCUT2D eigenvalue weighted by molar-refractivity contribution is -0.152. The lowest BCUT2D eigenvalue weighted by atomic mass is 9.90. The Morgan fingerprint density at radius 1 is 1.29 bits per heavy atom. The number of para-hydroxylation sites is 1. The number of benzene rings is 1. The van der Waals surface area contributed by atoms with Gasteiger partial charge in [-0.2, -0.15) is 0 Å².